The highest BCUT2D eigenvalue weighted by Crippen LogP contribution is 2.51. The van der Waals surface area contributed by atoms with Crippen molar-refractivity contribution in [3.05, 3.63) is 71.2 Å². The first-order valence-electron chi connectivity index (χ1n) is 13.0. The Morgan fingerprint density at radius 1 is 1.22 bits per heavy atom. The summed E-state index contributed by atoms with van der Waals surface area (Å²) < 4.78 is 15.9. The summed E-state index contributed by atoms with van der Waals surface area (Å²) in [6, 6.07) is 0. The number of hydrogen-bond acceptors (Lipinski definition) is 0. The third-order valence-corrected chi connectivity index (χ3v) is 8.81. The topological polar surface area (TPSA) is 0 Å². The molecule has 3 aliphatic carbocycles. The van der Waals surface area contributed by atoms with Crippen molar-refractivity contribution in [2.45, 2.75) is 98.8 Å². The lowest BCUT2D eigenvalue weighted by Gasteiger charge is -2.44. The molecule has 3 aliphatic rings. The second kappa shape index (κ2) is 10.5. The smallest absolute Gasteiger partial charge is 0.127 e. The van der Waals surface area contributed by atoms with Gasteiger partial charge in [-0.05, 0) is 96.8 Å². The van der Waals surface area contributed by atoms with Gasteiger partial charge in [0.1, 0.15) is 5.83 Å². The van der Waals surface area contributed by atoms with Crippen LogP contribution in [-0.4, -0.2) is 0 Å². The van der Waals surface area contributed by atoms with Crippen LogP contribution in [0.1, 0.15) is 98.8 Å². The maximum absolute atomic E-state index is 15.9. The van der Waals surface area contributed by atoms with Crippen molar-refractivity contribution in [3.8, 4) is 0 Å². The minimum atomic E-state index is -0.0168. The normalized spacial score (nSPS) is 25.6. The first kappa shape index (κ1) is 25.0. The van der Waals surface area contributed by atoms with Crippen molar-refractivity contribution >= 4 is 0 Å². The lowest BCUT2D eigenvalue weighted by Crippen LogP contribution is -2.35. The molecule has 1 fully saturated rings. The van der Waals surface area contributed by atoms with Gasteiger partial charge in [-0.25, -0.2) is 4.39 Å². The summed E-state index contributed by atoms with van der Waals surface area (Å²) in [6.45, 7) is 15.6. The number of rotatable bonds is 8. The number of allylic oxidation sites excluding steroid dienone is 11. The third kappa shape index (κ3) is 5.46. The second-order valence-electron chi connectivity index (χ2n) is 11.4. The summed E-state index contributed by atoms with van der Waals surface area (Å²) in [6.07, 6.45) is 24.2. The van der Waals surface area contributed by atoms with Gasteiger partial charge in [-0.2, -0.15) is 0 Å². The van der Waals surface area contributed by atoms with Crippen LogP contribution in [0.15, 0.2) is 71.2 Å². The Hall–Kier alpha value is -1.63. The van der Waals surface area contributed by atoms with Crippen LogP contribution in [-0.2, 0) is 0 Å². The lowest BCUT2D eigenvalue weighted by molar-refractivity contribution is 0.127. The van der Waals surface area contributed by atoms with Crippen LogP contribution in [0, 0.1) is 22.7 Å². The average molecular weight is 437 g/mol. The fourth-order valence-corrected chi connectivity index (χ4v) is 6.21. The van der Waals surface area contributed by atoms with Crippen molar-refractivity contribution in [3.63, 3.8) is 0 Å². The Kier molecular flexibility index (Phi) is 8.23. The molecule has 0 amide bonds. The van der Waals surface area contributed by atoms with Gasteiger partial charge in [-0.15, -0.1) is 6.58 Å². The molecule has 0 saturated heterocycles. The number of halogens is 1. The molecule has 1 heteroatoms. The van der Waals surface area contributed by atoms with E-state index >= 15 is 4.39 Å². The highest BCUT2D eigenvalue weighted by atomic mass is 19.1. The Bertz CT molecular complexity index is 838. The van der Waals surface area contributed by atoms with Gasteiger partial charge in [-0.1, -0.05) is 83.4 Å². The lowest BCUT2D eigenvalue weighted by atomic mass is 9.60. The predicted molar refractivity (Wildman–Crippen MR) is 138 cm³/mol. The fourth-order valence-electron chi connectivity index (χ4n) is 6.21. The third-order valence-electron chi connectivity index (χ3n) is 8.81. The van der Waals surface area contributed by atoms with Crippen LogP contribution in [0.4, 0.5) is 4.39 Å². The molecule has 0 spiro atoms. The molecule has 0 aromatic heterocycles. The van der Waals surface area contributed by atoms with E-state index in [1.807, 2.05) is 12.2 Å². The first-order valence-corrected chi connectivity index (χ1v) is 13.0. The Morgan fingerprint density at radius 2 is 1.94 bits per heavy atom. The number of hydrogen-bond donors (Lipinski definition) is 0. The standard InChI is InChI=1S/C31H45F/c1-7-14-24-20-27(31(6,8-2)23(3)4)29(28(32)21-24)26-16-11-9-10-15-25(19-26)22-30(5)17-12-13-18-30/h7,10,15-16,19,21,23,27H,1,8-9,11-14,17-18,20,22H2,2-6H3. The Balaban J connectivity index is 2.07. The molecule has 0 radical (unpaired) electrons. The summed E-state index contributed by atoms with van der Waals surface area (Å²) >= 11 is 0. The Morgan fingerprint density at radius 3 is 2.56 bits per heavy atom. The van der Waals surface area contributed by atoms with Crippen molar-refractivity contribution in [1.82, 2.24) is 0 Å². The molecule has 2 atom stereocenters. The molecule has 176 valence electrons. The zero-order valence-electron chi connectivity index (χ0n) is 21.3. The van der Waals surface area contributed by atoms with Gasteiger partial charge in [0.25, 0.3) is 0 Å². The van der Waals surface area contributed by atoms with E-state index in [0.717, 1.165) is 49.7 Å². The largest absolute Gasteiger partial charge is 0.207 e. The van der Waals surface area contributed by atoms with Crippen LogP contribution in [0.2, 0.25) is 0 Å². The fraction of sp³-hybridized carbons (Fsp3) is 0.613. The van der Waals surface area contributed by atoms with E-state index < -0.39 is 0 Å². The van der Waals surface area contributed by atoms with E-state index in [1.54, 1.807) is 0 Å². The van der Waals surface area contributed by atoms with E-state index in [-0.39, 0.29) is 17.2 Å². The summed E-state index contributed by atoms with van der Waals surface area (Å²) in [7, 11) is 0. The molecular weight excluding hydrogens is 391 g/mol. The second-order valence-corrected chi connectivity index (χ2v) is 11.4. The molecule has 0 bridgehead atoms. The molecule has 2 unspecified atom stereocenters. The monoisotopic (exact) mass is 436 g/mol. The van der Waals surface area contributed by atoms with Gasteiger partial charge in [0, 0.05) is 0 Å². The molecular formula is C31H45F. The summed E-state index contributed by atoms with van der Waals surface area (Å²) in [5, 5.41) is 0. The molecule has 0 aromatic rings. The minimum absolute atomic E-state index is 0.0168. The molecule has 0 heterocycles. The molecule has 1 saturated carbocycles. The van der Waals surface area contributed by atoms with Gasteiger partial charge in [0.15, 0.2) is 0 Å². The molecule has 3 rings (SSSR count). The van der Waals surface area contributed by atoms with Gasteiger partial charge in [0.05, 0.1) is 0 Å². The van der Waals surface area contributed by atoms with Crippen LogP contribution in [0.25, 0.3) is 0 Å². The Labute approximate surface area is 197 Å². The molecule has 0 N–H and O–H groups in total. The van der Waals surface area contributed by atoms with Crippen LogP contribution < -0.4 is 0 Å². The van der Waals surface area contributed by atoms with Crippen LogP contribution in [0.3, 0.4) is 0 Å². The van der Waals surface area contributed by atoms with E-state index in [2.05, 4.69) is 65.5 Å². The van der Waals surface area contributed by atoms with Gasteiger partial charge in [-0.3, -0.25) is 0 Å². The minimum Gasteiger partial charge on any atom is -0.207 e. The van der Waals surface area contributed by atoms with Gasteiger partial charge < -0.3 is 0 Å². The predicted octanol–water partition coefficient (Wildman–Crippen LogP) is 9.98. The van der Waals surface area contributed by atoms with E-state index in [1.165, 1.54) is 36.8 Å². The van der Waals surface area contributed by atoms with Crippen molar-refractivity contribution < 1.29 is 4.39 Å². The van der Waals surface area contributed by atoms with Crippen molar-refractivity contribution in [2.75, 3.05) is 0 Å². The van der Waals surface area contributed by atoms with E-state index in [4.69, 9.17) is 0 Å². The highest BCUT2D eigenvalue weighted by molar-refractivity contribution is 5.52. The molecule has 32 heavy (non-hydrogen) atoms. The van der Waals surface area contributed by atoms with Gasteiger partial charge >= 0.3 is 0 Å². The van der Waals surface area contributed by atoms with E-state index in [9.17, 15) is 0 Å². The summed E-state index contributed by atoms with van der Waals surface area (Å²) in [4.78, 5) is 0. The van der Waals surface area contributed by atoms with E-state index in [0.29, 0.717) is 11.3 Å². The summed E-state index contributed by atoms with van der Waals surface area (Å²) in [5.41, 5.74) is 5.11. The van der Waals surface area contributed by atoms with Crippen LogP contribution in [0.5, 0.6) is 0 Å². The highest BCUT2D eigenvalue weighted by Gasteiger charge is 2.41. The average Bonchev–Trinajstić information content (AvgIpc) is 3.15. The quantitative estimate of drug-likeness (QED) is 0.332. The zero-order chi connectivity index (χ0) is 23.4. The first-order chi connectivity index (χ1) is 15.2. The SMILES string of the molecule is C=CCC1=CC(F)=C(C2=CCCC=CC(CC3(C)CCCC3)=C2)C(C(C)(CC)C(C)C)C1. The van der Waals surface area contributed by atoms with Crippen LogP contribution >= 0.6 is 0 Å². The molecule has 0 aliphatic heterocycles. The van der Waals surface area contributed by atoms with Gasteiger partial charge in [0.2, 0.25) is 0 Å². The zero-order valence-corrected chi connectivity index (χ0v) is 21.3. The van der Waals surface area contributed by atoms with Crippen molar-refractivity contribution in [1.29, 1.82) is 0 Å². The molecule has 0 aromatic carbocycles. The van der Waals surface area contributed by atoms with Crippen molar-refractivity contribution in [2.24, 2.45) is 22.7 Å². The maximum Gasteiger partial charge on any atom is 0.127 e. The summed E-state index contributed by atoms with van der Waals surface area (Å²) in [5.74, 6) is 0.664. The molecule has 0 nitrogen and oxygen atoms in total. The maximum atomic E-state index is 15.9.